The summed E-state index contributed by atoms with van der Waals surface area (Å²) in [6.07, 6.45) is 0. The van der Waals surface area contributed by atoms with Crippen molar-refractivity contribution in [2.45, 2.75) is 6.61 Å². The van der Waals surface area contributed by atoms with Gasteiger partial charge in [-0.1, -0.05) is 76.6 Å². The third kappa shape index (κ3) is 5.10. The highest BCUT2D eigenvalue weighted by atomic mass is 79.9. The van der Waals surface area contributed by atoms with E-state index in [2.05, 4.69) is 85.8 Å². The maximum atomic E-state index is 6.01. The minimum atomic E-state index is 0.230. The molecule has 0 aliphatic carbocycles. The number of aromatic nitrogens is 2. The maximum Gasteiger partial charge on any atom is 0.222 e. The quantitative estimate of drug-likeness (QED) is 0.220. The van der Waals surface area contributed by atoms with Crippen LogP contribution in [-0.2, 0) is 6.61 Å². The van der Waals surface area contributed by atoms with Crippen molar-refractivity contribution >= 4 is 55.1 Å². The molecule has 0 saturated heterocycles. The highest BCUT2D eigenvalue weighted by Gasteiger charge is 2.10. The van der Waals surface area contributed by atoms with E-state index in [1.54, 1.807) is 0 Å². The molecule has 1 heterocycles. The minimum absolute atomic E-state index is 0.230. The summed E-state index contributed by atoms with van der Waals surface area (Å²) >= 11 is 3.52. The molecule has 0 amide bonds. The Morgan fingerprint density at radius 3 is 2.38 bits per heavy atom. The van der Waals surface area contributed by atoms with Gasteiger partial charge in [0, 0.05) is 15.5 Å². The SMILES string of the molecule is Nc1nc(Nc2cccc(Br)c2)c2cc(-c3ccc4cc(OCc5ccccc5)ccc4c3)ccc2n1. The van der Waals surface area contributed by atoms with E-state index in [0.29, 0.717) is 12.4 Å². The Morgan fingerprint density at radius 1 is 0.730 bits per heavy atom. The monoisotopic (exact) mass is 546 g/mol. The molecule has 1 aromatic heterocycles. The summed E-state index contributed by atoms with van der Waals surface area (Å²) in [5, 5.41) is 6.56. The normalized spacial score (nSPS) is 11.1. The average molecular weight is 547 g/mol. The van der Waals surface area contributed by atoms with Crippen molar-refractivity contribution in [3.8, 4) is 16.9 Å². The van der Waals surface area contributed by atoms with Crippen LogP contribution in [-0.4, -0.2) is 9.97 Å². The second-order valence-corrected chi connectivity index (χ2v) is 9.71. The van der Waals surface area contributed by atoms with Crippen molar-refractivity contribution < 1.29 is 4.74 Å². The minimum Gasteiger partial charge on any atom is -0.489 e. The second kappa shape index (κ2) is 9.91. The van der Waals surface area contributed by atoms with Gasteiger partial charge in [0.05, 0.1) is 5.52 Å². The van der Waals surface area contributed by atoms with Crippen molar-refractivity contribution in [3.05, 3.63) is 119 Å². The van der Waals surface area contributed by atoms with Gasteiger partial charge in [-0.15, -0.1) is 0 Å². The molecule has 0 atom stereocenters. The first-order valence-electron chi connectivity index (χ1n) is 11.9. The fourth-order valence-electron chi connectivity index (χ4n) is 4.36. The summed E-state index contributed by atoms with van der Waals surface area (Å²) in [4.78, 5) is 8.92. The van der Waals surface area contributed by atoms with Gasteiger partial charge >= 0.3 is 0 Å². The van der Waals surface area contributed by atoms with Gasteiger partial charge in [0.1, 0.15) is 18.2 Å². The van der Waals surface area contributed by atoms with E-state index >= 15 is 0 Å². The van der Waals surface area contributed by atoms with Crippen LogP contribution >= 0.6 is 15.9 Å². The zero-order chi connectivity index (χ0) is 25.2. The Bertz CT molecular complexity index is 1740. The molecule has 0 saturated carbocycles. The molecule has 6 rings (SSSR count). The van der Waals surface area contributed by atoms with Crippen molar-refractivity contribution in [1.29, 1.82) is 0 Å². The third-order valence-electron chi connectivity index (χ3n) is 6.19. The number of rotatable bonds is 6. The van der Waals surface area contributed by atoms with Crippen LogP contribution in [0.4, 0.5) is 17.5 Å². The molecule has 5 aromatic carbocycles. The van der Waals surface area contributed by atoms with E-state index < -0.39 is 0 Å². The number of halogens is 1. The zero-order valence-electron chi connectivity index (χ0n) is 19.9. The Labute approximate surface area is 223 Å². The topological polar surface area (TPSA) is 73.1 Å². The Hall–Kier alpha value is -4.42. The van der Waals surface area contributed by atoms with Gasteiger partial charge in [-0.2, -0.15) is 4.98 Å². The Morgan fingerprint density at radius 2 is 1.51 bits per heavy atom. The van der Waals surface area contributed by atoms with Crippen molar-refractivity contribution in [1.82, 2.24) is 9.97 Å². The summed E-state index contributed by atoms with van der Waals surface area (Å²) in [7, 11) is 0. The fraction of sp³-hybridized carbons (Fsp3) is 0.0323. The number of benzene rings is 5. The van der Waals surface area contributed by atoms with Gasteiger partial charge in [0.25, 0.3) is 0 Å². The van der Waals surface area contributed by atoms with Crippen molar-refractivity contribution in [2.75, 3.05) is 11.1 Å². The summed E-state index contributed by atoms with van der Waals surface area (Å²) in [5.74, 6) is 1.75. The van der Waals surface area contributed by atoms with Gasteiger partial charge in [-0.3, -0.25) is 0 Å². The van der Waals surface area contributed by atoms with Crippen LogP contribution in [0.15, 0.2) is 114 Å². The molecule has 0 fully saturated rings. The maximum absolute atomic E-state index is 6.01. The van der Waals surface area contributed by atoms with Gasteiger partial charge < -0.3 is 15.8 Å². The summed E-state index contributed by atoms with van der Waals surface area (Å²) < 4.78 is 6.99. The van der Waals surface area contributed by atoms with E-state index in [9.17, 15) is 0 Å². The predicted molar refractivity (Wildman–Crippen MR) is 155 cm³/mol. The molecule has 5 nitrogen and oxygen atoms in total. The molecule has 0 aliphatic rings. The summed E-state index contributed by atoms with van der Waals surface area (Å²) in [6.45, 7) is 0.546. The second-order valence-electron chi connectivity index (χ2n) is 8.80. The largest absolute Gasteiger partial charge is 0.489 e. The van der Waals surface area contributed by atoms with Crippen LogP contribution in [0.5, 0.6) is 5.75 Å². The lowest BCUT2D eigenvalue weighted by Crippen LogP contribution is -2.01. The van der Waals surface area contributed by atoms with Crippen LogP contribution in [0, 0.1) is 0 Å². The molecule has 6 aromatic rings. The van der Waals surface area contributed by atoms with Gasteiger partial charge in [0.2, 0.25) is 5.95 Å². The molecular weight excluding hydrogens is 524 g/mol. The van der Waals surface area contributed by atoms with Gasteiger partial charge in [-0.25, -0.2) is 4.98 Å². The average Bonchev–Trinajstić information content (AvgIpc) is 2.92. The number of anilines is 3. The number of fused-ring (bicyclic) bond motifs is 2. The predicted octanol–water partition coefficient (Wildman–Crippen LogP) is 8.12. The van der Waals surface area contributed by atoms with Gasteiger partial charge in [-0.05, 0) is 76.0 Å². The third-order valence-corrected chi connectivity index (χ3v) is 6.69. The lowest BCUT2D eigenvalue weighted by Gasteiger charge is -2.12. The molecule has 0 spiro atoms. The molecule has 37 heavy (non-hydrogen) atoms. The van der Waals surface area contributed by atoms with E-state index in [4.69, 9.17) is 10.5 Å². The van der Waals surface area contributed by atoms with E-state index in [0.717, 1.165) is 54.3 Å². The smallest absolute Gasteiger partial charge is 0.222 e. The zero-order valence-corrected chi connectivity index (χ0v) is 21.4. The molecule has 0 aliphatic heterocycles. The first-order chi connectivity index (χ1) is 18.1. The molecule has 0 bridgehead atoms. The van der Waals surface area contributed by atoms with Crippen LogP contribution in [0.3, 0.4) is 0 Å². The number of nitrogen functional groups attached to an aromatic ring is 1. The van der Waals surface area contributed by atoms with Crippen LogP contribution in [0.1, 0.15) is 5.56 Å². The molecule has 180 valence electrons. The molecule has 0 unspecified atom stereocenters. The van der Waals surface area contributed by atoms with Crippen LogP contribution < -0.4 is 15.8 Å². The van der Waals surface area contributed by atoms with E-state index in [1.807, 2.05) is 54.6 Å². The van der Waals surface area contributed by atoms with E-state index in [-0.39, 0.29) is 5.95 Å². The standard InChI is InChI=1S/C31H23BrN4O/c32-25-7-4-8-26(18-25)34-30-28-17-24(12-14-29(28)35-31(33)36-30)21-9-10-23-16-27(13-11-22(23)15-21)37-19-20-5-2-1-3-6-20/h1-18H,19H2,(H3,33,34,35,36). The number of nitrogens with two attached hydrogens (primary N) is 1. The first-order valence-corrected chi connectivity index (χ1v) is 12.7. The summed E-state index contributed by atoms with van der Waals surface area (Å²) in [6, 6.07) is 36.9. The lowest BCUT2D eigenvalue weighted by molar-refractivity contribution is 0.306. The molecular formula is C31H23BrN4O. The van der Waals surface area contributed by atoms with Crippen LogP contribution in [0.2, 0.25) is 0 Å². The molecule has 3 N–H and O–H groups in total. The number of nitrogens with zero attached hydrogens (tertiary/aromatic N) is 2. The van der Waals surface area contributed by atoms with Crippen LogP contribution in [0.25, 0.3) is 32.8 Å². The van der Waals surface area contributed by atoms with Crippen molar-refractivity contribution in [2.24, 2.45) is 0 Å². The fourth-order valence-corrected chi connectivity index (χ4v) is 4.76. The number of hydrogen-bond acceptors (Lipinski definition) is 5. The number of nitrogens with one attached hydrogen (secondary N) is 1. The highest BCUT2D eigenvalue weighted by Crippen LogP contribution is 2.32. The number of ether oxygens (including phenoxy) is 1. The lowest BCUT2D eigenvalue weighted by atomic mass is 10.00. The Kier molecular flexibility index (Phi) is 6.16. The molecule has 6 heteroatoms. The molecule has 0 radical (unpaired) electrons. The Balaban J connectivity index is 1.31. The van der Waals surface area contributed by atoms with Crippen molar-refractivity contribution in [3.63, 3.8) is 0 Å². The highest BCUT2D eigenvalue weighted by molar-refractivity contribution is 9.10. The van der Waals surface area contributed by atoms with E-state index in [1.165, 1.54) is 0 Å². The first kappa shape index (κ1) is 23.0. The number of hydrogen-bond donors (Lipinski definition) is 2. The summed E-state index contributed by atoms with van der Waals surface area (Å²) in [5.41, 5.74) is 11.0. The van der Waals surface area contributed by atoms with Gasteiger partial charge in [0.15, 0.2) is 0 Å².